The molecule has 1 aliphatic heterocycles. The van der Waals surface area contributed by atoms with Crippen LogP contribution in [0.3, 0.4) is 0 Å². The first kappa shape index (κ1) is 12.3. The van der Waals surface area contributed by atoms with Crippen molar-refractivity contribution in [2.24, 2.45) is 0 Å². The Morgan fingerprint density at radius 3 is 2.63 bits per heavy atom. The average molecular weight is 323 g/mol. The maximum absolute atomic E-state index is 12.3. The molecule has 0 atom stereocenters. The minimum Gasteiger partial charge on any atom is -0.490 e. The molecule has 0 spiro atoms. The Morgan fingerprint density at radius 2 is 1.89 bits per heavy atom. The van der Waals surface area contributed by atoms with Crippen LogP contribution in [-0.2, 0) is 0 Å². The molecule has 0 fully saturated rings. The Morgan fingerprint density at radius 1 is 1.11 bits per heavy atom. The second-order valence-corrected chi connectivity index (χ2v) is 4.87. The number of rotatable bonds is 2. The van der Waals surface area contributed by atoms with E-state index in [1.807, 2.05) is 0 Å². The molecule has 1 aliphatic rings. The van der Waals surface area contributed by atoms with Crippen LogP contribution in [0.25, 0.3) is 0 Å². The molecule has 98 valence electrons. The largest absolute Gasteiger partial charge is 0.490 e. The standard InChI is InChI=1S/C14H11BrO4/c15-14-10(4-7-19-14)13(16)9-2-3-11-12(8-9)18-6-1-5-17-11/h2-4,7-8H,1,5-6H2. The van der Waals surface area contributed by atoms with Gasteiger partial charge in [0.2, 0.25) is 0 Å². The summed E-state index contributed by atoms with van der Waals surface area (Å²) in [6.07, 6.45) is 2.31. The van der Waals surface area contributed by atoms with Crippen LogP contribution < -0.4 is 9.47 Å². The highest BCUT2D eigenvalue weighted by molar-refractivity contribution is 9.10. The van der Waals surface area contributed by atoms with E-state index in [9.17, 15) is 4.79 Å². The van der Waals surface area contributed by atoms with Gasteiger partial charge in [0.25, 0.3) is 0 Å². The summed E-state index contributed by atoms with van der Waals surface area (Å²) >= 11 is 3.21. The normalized spacial score (nSPS) is 13.9. The van der Waals surface area contributed by atoms with Crippen molar-refractivity contribution in [1.29, 1.82) is 0 Å². The van der Waals surface area contributed by atoms with Crippen LogP contribution in [0, 0.1) is 0 Å². The summed E-state index contributed by atoms with van der Waals surface area (Å²) in [6.45, 7) is 1.23. The van der Waals surface area contributed by atoms with Crippen LogP contribution in [0.1, 0.15) is 22.3 Å². The van der Waals surface area contributed by atoms with E-state index in [-0.39, 0.29) is 5.78 Å². The Balaban J connectivity index is 1.96. The molecule has 0 aliphatic carbocycles. The molecule has 0 amide bonds. The van der Waals surface area contributed by atoms with Crippen molar-refractivity contribution >= 4 is 21.7 Å². The monoisotopic (exact) mass is 322 g/mol. The van der Waals surface area contributed by atoms with Crippen molar-refractivity contribution in [1.82, 2.24) is 0 Å². The number of hydrogen-bond acceptors (Lipinski definition) is 4. The third-order valence-electron chi connectivity index (χ3n) is 2.87. The summed E-state index contributed by atoms with van der Waals surface area (Å²) in [5, 5.41) is 0. The molecule has 1 aromatic carbocycles. The zero-order valence-electron chi connectivity index (χ0n) is 10.0. The van der Waals surface area contributed by atoms with Crippen LogP contribution in [0.2, 0.25) is 0 Å². The van der Waals surface area contributed by atoms with Gasteiger partial charge in [0.1, 0.15) is 0 Å². The number of fused-ring (bicyclic) bond motifs is 1. The second kappa shape index (κ2) is 5.09. The first-order valence-electron chi connectivity index (χ1n) is 5.93. The van der Waals surface area contributed by atoms with E-state index >= 15 is 0 Å². The minimum atomic E-state index is -0.115. The van der Waals surface area contributed by atoms with E-state index in [1.54, 1.807) is 24.3 Å². The zero-order valence-corrected chi connectivity index (χ0v) is 11.6. The van der Waals surface area contributed by atoms with Gasteiger partial charge in [-0.05, 0) is 40.2 Å². The molecule has 2 heterocycles. The fourth-order valence-electron chi connectivity index (χ4n) is 1.92. The number of benzene rings is 1. The van der Waals surface area contributed by atoms with Crippen molar-refractivity contribution in [3.63, 3.8) is 0 Å². The molecule has 4 nitrogen and oxygen atoms in total. The highest BCUT2D eigenvalue weighted by atomic mass is 79.9. The second-order valence-electron chi connectivity index (χ2n) is 4.15. The summed E-state index contributed by atoms with van der Waals surface area (Å²) in [5.41, 5.74) is 1.04. The number of halogens is 1. The first-order valence-corrected chi connectivity index (χ1v) is 6.72. The molecule has 19 heavy (non-hydrogen) atoms. The lowest BCUT2D eigenvalue weighted by atomic mass is 10.1. The third-order valence-corrected chi connectivity index (χ3v) is 3.49. The van der Waals surface area contributed by atoms with Crippen LogP contribution in [0.4, 0.5) is 0 Å². The van der Waals surface area contributed by atoms with Crippen LogP contribution in [0.15, 0.2) is 39.6 Å². The van der Waals surface area contributed by atoms with E-state index in [4.69, 9.17) is 13.9 Å². The Bertz CT molecular complexity index is 618. The lowest BCUT2D eigenvalue weighted by Gasteiger charge is -2.08. The Labute approximate surface area is 118 Å². The molecule has 3 rings (SSSR count). The smallest absolute Gasteiger partial charge is 0.197 e. The molecule has 0 radical (unpaired) electrons. The van der Waals surface area contributed by atoms with E-state index in [0.29, 0.717) is 40.5 Å². The molecule has 0 bridgehead atoms. The fourth-order valence-corrected chi connectivity index (χ4v) is 2.34. The average Bonchev–Trinajstić information content (AvgIpc) is 2.72. The fraction of sp³-hybridized carbons (Fsp3) is 0.214. The van der Waals surface area contributed by atoms with E-state index in [0.717, 1.165) is 6.42 Å². The molecular formula is C14H11BrO4. The van der Waals surface area contributed by atoms with Crippen molar-refractivity contribution < 1.29 is 18.7 Å². The number of ether oxygens (including phenoxy) is 2. The Kier molecular flexibility index (Phi) is 3.29. The van der Waals surface area contributed by atoms with Gasteiger partial charge in [-0.25, -0.2) is 0 Å². The van der Waals surface area contributed by atoms with Crippen molar-refractivity contribution in [3.8, 4) is 11.5 Å². The molecule has 2 aromatic rings. The lowest BCUT2D eigenvalue weighted by molar-refractivity contribution is 0.103. The minimum absolute atomic E-state index is 0.115. The molecular weight excluding hydrogens is 312 g/mol. The molecule has 1 aromatic heterocycles. The van der Waals surface area contributed by atoms with Gasteiger partial charge in [0, 0.05) is 12.0 Å². The van der Waals surface area contributed by atoms with Gasteiger partial charge in [-0.1, -0.05) is 0 Å². The number of hydrogen-bond donors (Lipinski definition) is 0. The molecule has 5 heteroatoms. The topological polar surface area (TPSA) is 48.7 Å². The molecule has 0 unspecified atom stereocenters. The summed E-state index contributed by atoms with van der Waals surface area (Å²) in [5.74, 6) is 1.18. The number of ketones is 1. The van der Waals surface area contributed by atoms with E-state index in [1.165, 1.54) is 6.26 Å². The molecule has 0 saturated heterocycles. The van der Waals surface area contributed by atoms with Gasteiger partial charge in [0.15, 0.2) is 22.0 Å². The van der Waals surface area contributed by atoms with Gasteiger partial charge < -0.3 is 13.9 Å². The predicted molar refractivity (Wildman–Crippen MR) is 71.9 cm³/mol. The van der Waals surface area contributed by atoms with E-state index in [2.05, 4.69) is 15.9 Å². The van der Waals surface area contributed by atoms with E-state index < -0.39 is 0 Å². The van der Waals surface area contributed by atoms with Gasteiger partial charge in [0.05, 0.1) is 25.0 Å². The summed E-state index contributed by atoms with van der Waals surface area (Å²) in [6, 6.07) is 6.84. The quantitative estimate of drug-likeness (QED) is 0.795. The highest BCUT2D eigenvalue weighted by Crippen LogP contribution is 2.32. The van der Waals surface area contributed by atoms with Crippen molar-refractivity contribution in [3.05, 3.63) is 46.3 Å². The van der Waals surface area contributed by atoms with Gasteiger partial charge in [-0.15, -0.1) is 0 Å². The predicted octanol–water partition coefficient (Wildman–Crippen LogP) is 3.43. The molecule has 0 saturated carbocycles. The summed E-state index contributed by atoms with van der Waals surface area (Å²) in [4.78, 5) is 12.3. The third kappa shape index (κ3) is 2.38. The van der Waals surface area contributed by atoms with Gasteiger partial charge in [-0.2, -0.15) is 0 Å². The zero-order chi connectivity index (χ0) is 13.2. The van der Waals surface area contributed by atoms with Crippen LogP contribution in [-0.4, -0.2) is 19.0 Å². The maximum atomic E-state index is 12.3. The maximum Gasteiger partial charge on any atom is 0.197 e. The van der Waals surface area contributed by atoms with Crippen molar-refractivity contribution in [2.75, 3.05) is 13.2 Å². The first-order chi connectivity index (χ1) is 9.25. The van der Waals surface area contributed by atoms with Crippen molar-refractivity contribution in [2.45, 2.75) is 6.42 Å². The van der Waals surface area contributed by atoms with Crippen LogP contribution in [0.5, 0.6) is 11.5 Å². The summed E-state index contributed by atoms with van der Waals surface area (Å²) < 4.78 is 16.6. The lowest BCUT2D eigenvalue weighted by Crippen LogP contribution is -2.02. The van der Waals surface area contributed by atoms with Gasteiger partial charge in [-0.3, -0.25) is 4.79 Å². The summed E-state index contributed by atoms with van der Waals surface area (Å²) in [7, 11) is 0. The highest BCUT2D eigenvalue weighted by Gasteiger charge is 2.18. The molecule has 0 N–H and O–H groups in total. The van der Waals surface area contributed by atoms with Crippen LogP contribution >= 0.6 is 15.9 Å². The number of carbonyl (C=O) groups is 1. The SMILES string of the molecule is O=C(c1ccc2c(c1)OCCCO2)c1ccoc1Br. The Hall–Kier alpha value is -1.75. The number of carbonyl (C=O) groups excluding carboxylic acids is 1. The number of furan rings is 1. The van der Waals surface area contributed by atoms with Gasteiger partial charge >= 0.3 is 0 Å².